The first kappa shape index (κ1) is 28.4. The molecule has 0 bridgehead atoms. The standard InChI is InChI=1S/C24H44O6/c1-5-6-7-8-9-10-11-12-13-14-15-16-18-24(29-22(3)26,30-23(4)27)19-17-20-28-21(2)25/h5-20H2,1-4H3. The van der Waals surface area contributed by atoms with Crippen LogP contribution in [0.1, 0.15) is 124 Å². The van der Waals surface area contributed by atoms with Crippen LogP contribution in [-0.2, 0) is 28.6 Å². The summed E-state index contributed by atoms with van der Waals surface area (Å²) in [7, 11) is 0. The first-order chi connectivity index (χ1) is 14.3. The molecule has 0 aromatic heterocycles. The van der Waals surface area contributed by atoms with Crippen molar-refractivity contribution in [3.05, 3.63) is 0 Å². The van der Waals surface area contributed by atoms with Crippen molar-refractivity contribution in [3.8, 4) is 0 Å². The Kier molecular flexibility index (Phi) is 17.2. The van der Waals surface area contributed by atoms with Crippen molar-refractivity contribution in [2.24, 2.45) is 0 Å². The van der Waals surface area contributed by atoms with Gasteiger partial charge in [0.15, 0.2) is 0 Å². The normalized spacial score (nSPS) is 11.2. The number of ether oxygens (including phenoxy) is 3. The van der Waals surface area contributed by atoms with Crippen molar-refractivity contribution in [2.45, 2.75) is 130 Å². The average Bonchev–Trinajstić information content (AvgIpc) is 2.65. The summed E-state index contributed by atoms with van der Waals surface area (Å²) in [6.07, 6.45) is 16.0. The molecule has 0 N–H and O–H groups in total. The molecular formula is C24H44O6. The Labute approximate surface area is 183 Å². The number of hydrogen-bond acceptors (Lipinski definition) is 6. The maximum absolute atomic E-state index is 11.6. The van der Waals surface area contributed by atoms with Crippen LogP contribution in [0.25, 0.3) is 0 Å². The van der Waals surface area contributed by atoms with Crippen molar-refractivity contribution in [1.82, 2.24) is 0 Å². The van der Waals surface area contributed by atoms with Gasteiger partial charge in [-0.25, -0.2) is 0 Å². The lowest BCUT2D eigenvalue weighted by Gasteiger charge is -2.32. The average molecular weight is 429 g/mol. The van der Waals surface area contributed by atoms with Crippen molar-refractivity contribution in [3.63, 3.8) is 0 Å². The summed E-state index contributed by atoms with van der Waals surface area (Å²) >= 11 is 0. The molecule has 6 nitrogen and oxygen atoms in total. The molecule has 0 rings (SSSR count). The van der Waals surface area contributed by atoms with Crippen LogP contribution in [0.15, 0.2) is 0 Å². The van der Waals surface area contributed by atoms with Gasteiger partial charge in [-0.1, -0.05) is 77.6 Å². The van der Waals surface area contributed by atoms with Crippen LogP contribution in [0.5, 0.6) is 0 Å². The Balaban J connectivity index is 4.22. The molecule has 0 saturated carbocycles. The van der Waals surface area contributed by atoms with E-state index in [0.717, 1.165) is 19.3 Å². The summed E-state index contributed by atoms with van der Waals surface area (Å²) < 4.78 is 15.8. The molecule has 30 heavy (non-hydrogen) atoms. The van der Waals surface area contributed by atoms with Gasteiger partial charge in [-0.3, -0.25) is 14.4 Å². The molecule has 0 radical (unpaired) electrons. The molecule has 0 aliphatic rings. The van der Waals surface area contributed by atoms with Gasteiger partial charge in [-0.15, -0.1) is 0 Å². The minimum Gasteiger partial charge on any atom is -0.466 e. The molecule has 0 heterocycles. The zero-order chi connectivity index (χ0) is 22.7. The highest BCUT2D eigenvalue weighted by Crippen LogP contribution is 2.28. The summed E-state index contributed by atoms with van der Waals surface area (Å²) in [5.41, 5.74) is 0. The maximum atomic E-state index is 11.6. The van der Waals surface area contributed by atoms with E-state index in [1.165, 1.54) is 78.6 Å². The highest BCUT2D eigenvalue weighted by atomic mass is 16.7. The van der Waals surface area contributed by atoms with Gasteiger partial charge in [0.25, 0.3) is 5.79 Å². The predicted octanol–water partition coefficient (Wildman–Crippen LogP) is 6.24. The molecule has 0 fully saturated rings. The Morgan fingerprint density at radius 2 is 0.967 bits per heavy atom. The zero-order valence-electron chi connectivity index (χ0n) is 19.8. The highest BCUT2D eigenvalue weighted by molar-refractivity contribution is 5.68. The van der Waals surface area contributed by atoms with Crippen molar-refractivity contribution in [1.29, 1.82) is 0 Å². The SMILES string of the molecule is CCCCCCCCCCCCCCC(CCCOC(C)=O)(OC(C)=O)OC(C)=O. The smallest absolute Gasteiger partial charge is 0.305 e. The van der Waals surface area contributed by atoms with Crippen LogP contribution in [0, 0.1) is 0 Å². The van der Waals surface area contributed by atoms with Crippen molar-refractivity contribution >= 4 is 17.9 Å². The second-order valence-corrected chi connectivity index (χ2v) is 8.18. The quantitative estimate of drug-likeness (QED) is 0.138. The summed E-state index contributed by atoms with van der Waals surface area (Å²) in [5, 5.41) is 0. The molecule has 0 aliphatic carbocycles. The van der Waals surface area contributed by atoms with Gasteiger partial charge < -0.3 is 14.2 Å². The third kappa shape index (κ3) is 17.3. The summed E-state index contributed by atoms with van der Waals surface area (Å²) in [6, 6.07) is 0. The number of unbranched alkanes of at least 4 members (excludes halogenated alkanes) is 11. The Bertz CT molecular complexity index is 458. The second-order valence-electron chi connectivity index (χ2n) is 8.18. The van der Waals surface area contributed by atoms with Crippen molar-refractivity contribution in [2.75, 3.05) is 6.61 Å². The molecular weight excluding hydrogens is 384 g/mol. The molecule has 0 saturated heterocycles. The molecule has 0 spiro atoms. The summed E-state index contributed by atoms with van der Waals surface area (Å²) in [6.45, 7) is 6.42. The third-order valence-electron chi connectivity index (χ3n) is 5.08. The van der Waals surface area contributed by atoms with E-state index in [4.69, 9.17) is 14.2 Å². The zero-order valence-corrected chi connectivity index (χ0v) is 19.8. The van der Waals surface area contributed by atoms with Gasteiger partial charge in [-0.2, -0.15) is 0 Å². The Morgan fingerprint density at radius 3 is 1.37 bits per heavy atom. The molecule has 6 heteroatoms. The van der Waals surface area contributed by atoms with E-state index >= 15 is 0 Å². The Hall–Kier alpha value is -1.59. The van der Waals surface area contributed by atoms with Crippen LogP contribution in [0.3, 0.4) is 0 Å². The van der Waals surface area contributed by atoms with E-state index < -0.39 is 17.7 Å². The topological polar surface area (TPSA) is 78.9 Å². The monoisotopic (exact) mass is 428 g/mol. The van der Waals surface area contributed by atoms with E-state index in [9.17, 15) is 14.4 Å². The third-order valence-corrected chi connectivity index (χ3v) is 5.08. The first-order valence-corrected chi connectivity index (χ1v) is 11.8. The van der Waals surface area contributed by atoms with Gasteiger partial charge in [0, 0.05) is 33.6 Å². The van der Waals surface area contributed by atoms with Crippen LogP contribution in [0.4, 0.5) is 0 Å². The minimum atomic E-state index is -1.27. The molecule has 176 valence electrons. The van der Waals surface area contributed by atoms with Gasteiger partial charge in [-0.05, 0) is 12.8 Å². The van der Waals surface area contributed by atoms with E-state index in [2.05, 4.69) is 6.92 Å². The van der Waals surface area contributed by atoms with E-state index in [-0.39, 0.29) is 12.6 Å². The van der Waals surface area contributed by atoms with E-state index in [1.807, 2.05) is 0 Å². The number of esters is 3. The van der Waals surface area contributed by atoms with Crippen LogP contribution < -0.4 is 0 Å². The van der Waals surface area contributed by atoms with Crippen LogP contribution in [-0.4, -0.2) is 30.3 Å². The fraction of sp³-hybridized carbons (Fsp3) is 0.875. The molecule has 0 aromatic rings. The maximum Gasteiger partial charge on any atom is 0.305 e. The minimum absolute atomic E-state index is 0.206. The largest absolute Gasteiger partial charge is 0.466 e. The first-order valence-electron chi connectivity index (χ1n) is 11.8. The fourth-order valence-corrected chi connectivity index (χ4v) is 3.67. The lowest BCUT2D eigenvalue weighted by molar-refractivity contribution is -0.232. The van der Waals surface area contributed by atoms with Gasteiger partial charge in [0.05, 0.1) is 6.61 Å². The van der Waals surface area contributed by atoms with E-state index in [0.29, 0.717) is 19.3 Å². The molecule has 0 aromatic carbocycles. The number of hydrogen-bond donors (Lipinski definition) is 0. The molecule has 0 unspecified atom stereocenters. The van der Waals surface area contributed by atoms with Crippen LogP contribution >= 0.6 is 0 Å². The van der Waals surface area contributed by atoms with E-state index in [1.54, 1.807) is 0 Å². The second kappa shape index (κ2) is 18.2. The highest BCUT2D eigenvalue weighted by Gasteiger charge is 2.36. The number of carbonyl (C=O) groups is 3. The van der Waals surface area contributed by atoms with Gasteiger partial charge in [0.2, 0.25) is 0 Å². The van der Waals surface area contributed by atoms with Gasteiger partial charge >= 0.3 is 17.9 Å². The predicted molar refractivity (Wildman–Crippen MR) is 118 cm³/mol. The molecule has 0 atom stereocenters. The molecule has 0 aliphatic heterocycles. The lowest BCUT2D eigenvalue weighted by Crippen LogP contribution is -2.39. The number of rotatable bonds is 19. The summed E-state index contributed by atoms with van der Waals surface area (Å²) in [5.74, 6) is -2.59. The van der Waals surface area contributed by atoms with Gasteiger partial charge in [0.1, 0.15) is 0 Å². The fourth-order valence-electron chi connectivity index (χ4n) is 3.67. The Morgan fingerprint density at radius 1 is 0.567 bits per heavy atom. The molecule has 0 amide bonds. The van der Waals surface area contributed by atoms with Crippen molar-refractivity contribution < 1.29 is 28.6 Å². The number of carbonyl (C=O) groups excluding carboxylic acids is 3. The van der Waals surface area contributed by atoms with Crippen LogP contribution in [0.2, 0.25) is 0 Å². The lowest BCUT2D eigenvalue weighted by atomic mass is 10.00. The summed E-state index contributed by atoms with van der Waals surface area (Å²) in [4.78, 5) is 34.1.